The van der Waals surface area contributed by atoms with E-state index in [0.717, 1.165) is 13.0 Å². The lowest BCUT2D eigenvalue weighted by Gasteiger charge is -2.32. The Morgan fingerprint density at radius 2 is 1.88 bits per heavy atom. The van der Waals surface area contributed by atoms with E-state index in [2.05, 4.69) is 19.2 Å². The highest BCUT2D eigenvalue weighted by molar-refractivity contribution is 5.91. The van der Waals surface area contributed by atoms with E-state index in [0.29, 0.717) is 0 Å². The summed E-state index contributed by atoms with van der Waals surface area (Å²) in [7, 11) is 0. The third-order valence-electron chi connectivity index (χ3n) is 3.63. The number of Topliss-reactive ketones (excluding diaryl/α,β-unsaturated/α-hetero) is 1. The Morgan fingerprint density at radius 3 is 2.24 bits per heavy atom. The highest BCUT2D eigenvalue weighted by atomic mass is 16.5. The Balaban J connectivity index is 2.90. The number of ketones is 1. The molecule has 1 fully saturated rings. The first-order valence-electron chi connectivity index (χ1n) is 6.51. The first-order valence-corrected chi connectivity index (χ1v) is 6.51. The second-order valence-electron chi connectivity index (χ2n) is 6.74. The van der Waals surface area contributed by atoms with Crippen LogP contribution in [0.1, 0.15) is 54.9 Å². The van der Waals surface area contributed by atoms with Gasteiger partial charge in [-0.1, -0.05) is 6.92 Å². The number of carbonyl (C=O) groups excluding carboxylic acids is 1. The van der Waals surface area contributed by atoms with Crippen LogP contribution in [0.4, 0.5) is 0 Å². The van der Waals surface area contributed by atoms with Crippen molar-refractivity contribution in [1.82, 2.24) is 5.32 Å². The predicted octanol–water partition coefficient (Wildman–Crippen LogP) is 2.54. The lowest BCUT2D eigenvalue weighted by molar-refractivity contribution is -0.134. The molecule has 1 saturated heterocycles. The molecule has 3 heteroatoms. The third kappa shape index (κ3) is 3.08. The van der Waals surface area contributed by atoms with E-state index < -0.39 is 5.54 Å². The molecule has 3 nitrogen and oxygen atoms in total. The minimum atomic E-state index is -0.472. The average Bonchev–Trinajstić information content (AvgIpc) is 2.32. The standard InChI is InChI=1S/C14H27NO2/c1-8-15-13(4,5)11(16)10-9-12(2,3)17-14(10,6)7/h10,15H,8-9H2,1-7H3. The van der Waals surface area contributed by atoms with Gasteiger partial charge in [-0.2, -0.15) is 0 Å². The maximum absolute atomic E-state index is 12.6. The molecular weight excluding hydrogens is 214 g/mol. The molecule has 1 aliphatic rings. The van der Waals surface area contributed by atoms with Gasteiger partial charge in [-0.3, -0.25) is 4.79 Å². The van der Waals surface area contributed by atoms with Gasteiger partial charge in [0.15, 0.2) is 5.78 Å². The quantitative estimate of drug-likeness (QED) is 0.822. The van der Waals surface area contributed by atoms with Crippen LogP contribution in [0.25, 0.3) is 0 Å². The van der Waals surface area contributed by atoms with Crippen molar-refractivity contribution in [2.45, 2.75) is 71.6 Å². The van der Waals surface area contributed by atoms with Crippen molar-refractivity contribution in [3.05, 3.63) is 0 Å². The Bertz CT molecular complexity index is 305. The largest absolute Gasteiger partial charge is 0.369 e. The Hall–Kier alpha value is -0.410. The number of ether oxygens (including phenoxy) is 1. The molecule has 0 aliphatic carbocycles. The van der Waals surface area contributed by atoms with E-state index in [1.807, 2.05) is 34.6 Å². The lowest BCUT2D eigenvalue weighted by atomic mass is 9.77. The Labute approximate surface area is 105 Å². The van der Waals surface area contributed by atoms with Gasteiger partial charge < -0.3 is 10.1 Å². The Kier molecular flexibility index (Phi) is 3.76. The fraction of sp³-hybridized carbons (Fsp3) is 0.929. The molecule has 0 radical (unpaired) electrons. The third-order valence-corrected chi connectivity index (χ3v) is 3.63. The second-order valence-corrected chi connectivity index (χ2v) is 6.74. The number of carbonyl (C=O) groups is 1. The van der Waals surface area contributed by atoms with Crippen LogP contribution in [0.3, 0.4) is 0 Å². The average molecular weight is 241 g/mol. The fourth-order valence-electron chi connectivity index (χ4n) is 2.94. The van der Waals surface area contributed by atoms with Gasteiger partial charge in [-0.15, -0.1) is 0 Å². The first-order chi connectivity index (χ1) is 7.52. The number of hydrogen-bond donors (Lipinski definition) is 1. The summed E-state index contributed by atoms with van der Waals surface area (Å²) in [5, 5.41) is 3.26. The van der Waals surface area contributed by atoms with Crippen LogP contribution < -0.4 is 5.32 Å². The molecule has 1 atom stereocenters. The molecule has 1 aliphatic heterocycles. The van der Waals surface area contributed by atoms with Gasteiger partial charge in [-0.05, 0) is 54.5 Å². The van der Waals surface area contributed by atoms with Crippen molar-refractivity contribution in [1.29, 1.82) is 0 Å². The highest BCUT2D eigenvalue weighted by Crippen LogP contribution is 2.43. The van der Waals surface area contributed by atoms with Gasteiger partial charge in [0.1, 0.15) is 0 Å². The van der Waals surface area contributed by atoms with Crippen molar-refractivity contribution in [3.8, 4) is 0 Å². The van der Waals surface area contributed by atoms with Gasteiger partial charge in [0, 0.05) is 0 Å². The van der Waals surface area contributed by atoms with Gasteiger partial charge in [0.2, 0.25) is 0 Å². The molecule has 0 amide bonds. The van der Waals surface area contributed by atoms with E-state index in [4.69, 9.17) is 4.74 Å². The van der Waals surface area contributed by atoms with Crippen LogP contribution in [0.2, 0.25) is 0 Å². The molecule has 1 rings (SSSR count). The summed E-state index contributed by atoms with van der Waals surface area (Å²) >= 11 is 0. The molecule has 0 spiro atoms. The van der Waals surface area contributed by atoms with Crippen molar-refractivity contribution < 1.29 is 9.53 Å². The summed E-state index contributed by atoms with van der Waals surface area (Å²) < 4.78 is 5.99. The fourth-order valence-corrected chi connectivity index (χ4v) is 2.94. The zero-order chi connectivity index (χ0) is 13.5. The van der Waals surface area contributed by atoms with Crippen LogP contribution >= 0.6 is 0 Å². The summed E-state index contributed by atoms with van der Waals surface area (Å²) in [6.07, 6.45) is 0.799. The van der Waals surface area contributed by atoms with Crippen molar-refractivity contribution in [2.75, 3.05) is 6.54 Å². The second kappa shape index (κ2) is 4.36. The summed E-state index contributed by atoms with van der Waals surface area (Å²) in [6, 6.07) is 0. The lowest BCUT2D eigenvalue weighted by Crippen LogP contribution is -2.52. The Morgan fingerprint density at radius 1 is 1.35 bits per heavy atom. The smallest absolute Gasteiger partial charge is 0.158 e. The zero-order valence-electron chi connectivity index (χ0n) is 12.3. The minimum absolute atomic E-state index is 0.0356. The molecule has 100 valence electrons. The highest BCUT2D eigenvalue weighted by Gasteiger charge is 2.51. The molecular formula is C14H27NO2. The van der Waals surface area contributed by atoms with Crippen molar-refractivity contribution >= 4 is 5.78 Å². The monoisotopic (exact) mass is 241 g/mol. The molecule has 0 saturated carbocycles. The molecule has 17 heavy (non-hydrogen) atoms. The van der Waals surface area contributed by atoms with E-state index in [1.165, 1.54) is 0 Å². The minimum Gasteiger partial charge on any atom is -0.369 e. The molecule has 1 N–H and O–H groups in total. The van der Waals surface area contributed by atoms with Crippen molar-refractivity contribution in [2.24, 2.45) is 5.92 Å². The summed E-state index contributed by atoms with van der Waals surface area (Å²) in [6.45, 7) is 14.9. The molecule has 0 aromatic rings. The number of likely N-dealkylation sites (N-methyl/N-ethyl adjacent to an activating group) is 1. The van der Waals surface area contributed by atoms with Crippen LogP contribution in [0, 0.1) is 5.92 Å². The van der Waals surface area contributed by atoms with Gasteiger partial charge in [0.25, 0.3) is 0 Å². The SMILES string of the molecule is CCNC(C)(C)C(=O)C1CC(C)(C)OC1(C)C. The van der Waals surface area contributed by atoms with Gasteiger partial charge in [-0.25, -0.2) is 0 Å². The van der Waals surface area contributed by atoms with Gasteiger partial charge in [0.05, 0.1) is 22.7 Å². The van der Waals surface area contributed by atoms with Gasteiger partial charge >= 0.3 is 0 Å². The molecule has 0 aromatic heterocycles. The zero-order valence-corrected chi connectivity index (χ0v) is 12.3. The normalized spacial score (nSPS) is 27.1. The predicted molar refractivity (Wildman–Crippen MR) is 70.1 cm³/mol. The first kappa shape index (κ1) is 14.7. The summed E-state index contributed by atoms with van der Waals surface area (Å²) in [5.74, 6) is 0.224. The van der Waals surface area contributed by atoms with E-state index in [-0.39, 0.29) is 22.9 Å². The van der Waals surface area contributed by atoms with E-state index in [1.54, 1.807) is 0 Å². The maximum Gasteiger partial charge on any atom is 0.158 e. The number of rotatable bonds is 4. The molecule has 1 unspecified atom stereocenters. The topological polar surface area (TPSA) is 38.3 Å². The van der Waals surface area contributed by atoms with Crippen LogP contribution in [0.5, 0.6) is 0 Å². The summed E-state index contributed by atoms with van der Waals surface area (Å²) in [5.41, 5.74) is -1.04. The molecule has 0 bridgehead atoms. The number of hydrogen-bond acceptors (Lipinski definition) is 3. The maximum atomic E-state index is 12.6. The van der Waals surface area contributed by atoms with E-state index >= 15 is 0 Å². The van der Waals surface area contributed by atoms with Crippen LogP contribution in [-0.4, -0.2) is 29.1 Å². The molecule has 0 aromatic carbocycles. The van der Waals surface area contributed by atoms with Crippen LogP contribution in [-0.2, 0) is 9.53 Å². The van der Waals surface area contributed by atoms with Crippen LogP contribution in [0.15, 0.2) is 0 Å². The molecule has 1 heterocycles. The number of nitrogens with one attached hydrogen (secondary N) is 1. The summed E-state index contributed by atoms with van der Waals surface area (Å²) in [4.78, 5) is 12.6. The van der Waals surface area contributed by atoms with Crippen molar-refractivity contribution in [3.63, 3.8) is 0 Å². The van der Waals surface area contributed by atoms with E-state index in [9.17, 15) is 4.79 Å².